The Labute approximate surface area is 124 Å². The fourth-order valence-corrected chi connectivity index (χ4v) is 4.14. The van der Waals surface area contributed by atoms with E-state index in [1.165, 1.54) is 37.0 Å². The zero-order valence-electron chi connectivity index (χ0n) is 11.8. The van der Waals surface area contributed by atoms with E-state index in [9.17, 15) is 4.79 Å². The van der Waals surface area contributed by atoms with Crippen LogP contribution in [0.25, 0.3) is 6.08 Å². The van der Waals surface area contributed by atoms with E-state index < -0.39 is 0 Å². The number of amides is 1. The Hall–Kier alpha value is -1.09. The molecule has 1 aliphatic heterocycles. The summed E-state index contributed by atoms with van der Waals surface area (Å²) in [6, 6.07) is 4.54. The van der Waals surface area contributed by atoms with Crippen molar-refractivity contribution in [2.45, 2.75) is 44.6 Å². The molecule has 0 N–H and O–H groups in total. The van der Waals surface area contributed by atoms with Gasteiger partial charge in [-0.2, -0.15) is 0 Å². The summed E-state index contributed by atoms with van der Waals surface area (Å²) in [6.07, 6.45) is 11.6. The van der Waals surface area contributed by atoms with Gasteiger partial charge in [-0.15, -0.1) is 11.3 Å². The summed E-state index contributed by atoms with van der Waals surface area (Å²) in [6.45, 7) is 0.965. The van der Waals surface area contributed by atoms with Gasteiger partial charge in [-0.05, 0) is 49.1 Å². The minimum absolute atomic E-state index is 0.124. The van der Waals surface area contributed by atoms with Gasteiger partial charge >= 0.3 is 0 Å². The lowest BCUT2D eigenvalue weighted by molar-refractivity contribution is -0.136. The van der Waals surface area contributed by atoms with Gasteiger partial charge in [0.2, 0.25) is 5.91 Å². The van der Waals surface area contributed by atoms with E-state index >= 15 is 0 Å². The van der Waals surface area contributed by atoms with Crippen molar-refractivity contribution in [2.75, 3.05) is 6.54 Å². The Bertz CT molecular complexity index is 527. The van der Waals surface area contributed by atoms with Crippen LogP contribution in [0.5, 0.6) is 0 Å². The maximum absolute atomic E-state index is 12.7. The Balaban J connectivity index is 1.52. The number of hydrogen-bond acceptors (Lipinski definition) is 2. The molecule has 1 aromatic heterocycles. The first-order valence-electron chi connectivity index (χ1n) is 7.82. The first-order valence-corrected chi connectivity index (χ1v) is 8.70. The first-order chi connectivity index (χ1) is 9.79. The second-order valence-corrected chi connectivity index (χ2v) is 7.53. The van der Waals surface area contributed by atoms with E-state index in [0.717, 1.165) is 18.9 Å². The maximum atomic E-state index is 12.7. The van der Waals surface area contributed by atoms with Gasteiger partial charge in [0.1, 0.15) is 0 Å². The zero-order chi connectivity index (χ0) is 13.6. The largest absolute Gasteiger partial charge is 0.336 e. The molecule has 1 saturated heterocycles. The highest BCUT2D eigenvalue weighted by Gasteiger charge is 2.75. The van der Waals surface area contributed by atoms with Crippen molar-refractivity contribution in [2.24, 2.45) is 11.3 Å². The lowest BCUT2D eigenvalue weighted by Crippen LogP contribution is -2.41. The summed E-state index contributed by atoms with van der Waals surface area (Å²) in [5.74, 6) is 1.21. The predicted octanol–water partition coefficient (Wildman–Crippen LogP) is 3.94. The van der Waals surface area contributed by atoms with Crippen molar-refractivity contribution in [3.05, 3.63) is 28.5 Å². The second kappa shape index (κ2) is 4.73. The van der Waals surface area contributed by atoms with E-state index in [-0.39, 0.29) is 5.41 Å². The highest BCUT2D eigenvalue weighted by molar-refractivity contribution is 7.10. The van der Waals surface area contributed by atoms with Crippen LogP contribution in [0.15, 0.2) is 23.6 Å². The van der Waals surface area contributed by atoms with E-state index in [2.05, 4.69) is 34.6 Å². The fraction of sp³-hybridized carbons (Fsp3) is 0.588. The van der Waals surface area contributed by atoms with Gasteiger partial charge in [0.25, 0.3) is 0 Å². The number of fused-ring (bicyclic) bond motifs is 1. The molecule has 1 amide bonds. The van der Waals surface area contributed by atoms with Gasteiger partial charge in [0.05, 0.1) is 11.5 Å². The molecule has 2 heterocycles. The highest BCUT2D eigenvalue weighted by atomic mass is 32.1. The van der Waals surface area contributed by atoms with Gasteiger partial charge in [0.15, 0.2) is 0 Å². The molecule has 0 aromatic carbocycles. The minimum Gasteiger partial charge on any atom is -0.336 e. The molecule has 106 valence electrons. The molecular formula is C17H21NOS. The fourth-order valence-electron chi connectivity index (χ4n) is 3.52. The van der Waals surface area contributed by atoms with Crippen LogP contribution in [0.4, 0.5) is 0 Å². The van der Waals surface area contributed by atoms with Gasteiger partial charge in [-0.1, -0.05) is 25.0 Å². The molecule has 1 aromatic rings. The summed E-state index contributed by atoms with van der Waals surface area (Å²) in [7, 11) is 0. The van der Waals surface area contributed by atoms with Crippen molar-refractivity contribution in [1.82, 2.24) is 4.90 Å². The number of carbonyl (C=O) groups is 1. The Morgan fingerprint density at radius 2 is 2.20 bits per heavy atom. The number of carbonyl (C=O) groups excluding carboxylic acids is 1. The third-order valence-electron chi connectivity index (χ3n) is 5.19. The molecule has 0 bridgehead atoms. The molecule has 2 aliphatic carbocycles. The topological polar surface area (TPSA) is 20.3 Å². The van der Waals surface area contributed by atoms with Gasteiger partial charge in [0, 0.05) is 11.4 Å². The molecule has 0 radical (unpaired) electrons. The third kappa shape index (κ3) is 2.12. The predicted molar refractivity (Wildman–Crippen MR) is 82.5 cm³/mol. The number of likely N-dealkylation sites (tertiary alicyclic amines) is 1. The van der Waals surface area contributed by atoms with Gasteiger partial charge in [-0.3, -0.25) is 4.79 Å². The van der Waals surface area contributed by atoms with Gasteiger partial charge in [-0.25, -0.2) is 0 Å². The molecule has 2 nitrogen and oxygen atoms in total. The molecule has 3 fully saturated rings. The molecule has 4 rings (SSSR count). The van der Waals surface area contributed by atoms with Crippen molar-refractivity contribution in [3.63, 3.8) is 0 Å². The van der Waals surface area contributed by atoms with Crippen LogP contribution in [0.2, 0.25) is 0 Å². The van der Waals surface area contributed by atoms with Crippen LogP contribution in [0, 0.1) is 11.3 Å². The van der Waals surface area contributed by atoms with Gasteiger partial charge < -0.3 is 4.90 Å². The average molecular weight is 287 g/mol. The molecule has 20 heavy (non-hydrogen) atoms. The molecular weight excluding hydrogens is 266 g/mol. The van der Waals surface area contributed by atoms with Crippen molar-refractivity contribution in [3.8, 4) is 0 Å². The number of nitrogens with zero attached hydrogens (tertiary/aromatic N) is 1. The second-order valence-electron chi connectivity index (χ2n) is 6.55. The lowest BCUT2D eigenvalue weighted by atomic mass is 10.1. The quantitative estimate of drug-likeness (QED) is 0.824. The van der Waals surface area contributed by atoms with Crippen LogP contribution in [0.3, 0.4) is 0 Å². The first kappa shape index (κ1) is 12.6. The van der Waals surface area contributed by atoms with Crippen molar-refractivity contribution < 1.29 is 4.79 Å². The Morgan fingerprint density at radius 1 is 1.35 bits per heavy atom. The smallest absolute Gasteiger partial charge is 0.229 e. The maximum Gasteiger partial charge on any atom is 0.229 e. The normalized spacial score (nSPS) is 35.7. The van der Waals surface area contributed by atoms with Crippen LogP contribution in [-0.4, -0.2) is 23.4 Å². The summed E-state index contributed by atoms with van der Waals surface area (Å²) >= 11 is 1.76. The van der Waals surface area contributed by atoms with E-state index in [0.29, 0.717) is 11.9 Å². The Morgan fingerprint density at radius 3 is 2.90 bits per heavy atom. The molecule has 3 aliphatic rings. The summed E-state index contributed by atoms with van der Waals surface area (Å²) in [5.41, 5.74) is 0.124. The average Bonchev–Trinajstić information content (AvgIpc) is 3.27. The third-order valence-corrected chi connectivity index (χ3v) is 6.03. The Kier molecular flexibility index (Phi) is 2.99. The lowest BCUT2D eigenvalue weighted by Gasteiger charge is -2.29. The van der Waals surface area contributed by atoms with Crippen molar-refractivity contribution in [1.29, 1.82) is 0 Å². The molecule has 1 atom stereocenters. The van der Waals surface area contributed by atoms with Crippen LogP contribution in [0.1, 0.15) is 43.4 Å². The summed E-state index contributed by atoms with van der Waals surface area (Å²) in [4.78, 5) is 16.2. The van der Waals surface area contributed by atoms with E-state index in [1.807, 2.05) is 0 Å². The minimum atomic E-state index is 0.124. The monoisotopic (exact) mass is 287 g/mol. The number of hydrogen-bond donors (Lipinski definition) is 0. The number of thiophene rings is 1. The molecule has 3 heteroatoms. The number of rotatable bonds is 3. The summed E-state index contributed by atoms with van der Waals surface area (Å²) in [5, 5.41) is 2.10. The van der Waals surface area contributed by atoms with Crippen LogP contribution < -0.4 is 0 Å². The van der Waals surface area contributed by atoms with E-state index in [1.54, 1.807) is 11.3 Å². The summed E-state index contributed by atoms with van der Waals surface area (Å²) < 4.78 is 0. The van der Waals surface area contributed by atoms with Crippen LogP contribution in [-0.2, 0) is 4.79 Å². The molecule has 1 unspecified atom stereocenters. The standard InChI is InChI=1S/C17H21NOS/c19-16(17-11-13(17)12-17)18-9-3-1-2-5-14(18)7-8-15-6-4-10-20-15/h4,6-8,10,13-14H,1-3,5,9,11-12H2/b8-7+. The molecule has 0 spiro atoms. The highest BCUT2D eigenvalue weighted by Crippen LogP contribution is 2.76. The SMILES string of the molecule is O=C(N1CCCCCC1/C=C/c1cccs1)C12CC1C2. The zero-order valence-corrected chi connectivity index (χ0v) is 12.6. The van der Waals surface area contributed by atoms with Crippen LogP contribution >= 0.6 is 11.3 Å². The van der Waals surface area contributed by atoms with Crippen molar-refractivity contribution >= 4 is 23.3 Å². The molecule has 2 saturated carbocycles. The van der Waals surface area contributed by atoms with E-state index in [4.69, 9.17) is 0 Å².